The van der Waals surface area contributed by atoms with Crippen molar-refractivity contribution < 1.29 is 5.11 Å². The molecule has 0 bridgehead atoms. The van der Waals surface area contributed by atoms with E-state index in [1.165, 1.54) is 16.8 Å². The molecule has 1 aromatic carbocycles. The maximum absolute atomic E-state index is 10.3. The number of aliphatic hydroxyl groups excluding tert-OH is 1. The first-order chi connectivity index (χ1) is 12.5. The summed E-state index contributed by atoms with van der Waals surface area (Å²) in [6, 6.07) is 12.9. The second kappa shape index (κ2) is 10.3. The highest BCUT2D eigenvalue weighted by Gasteiger charge is 2.15. The maximum Gasteiger partial charge on any atom is 0.0670 e. The van der Waals surface area contributed by atoms with Gasteiger partial charge in [-0.2, -0.15) is 0 Å². The molecular formula is C23H34N2O. The molecule has 3 heteroatoms. The number of hydrogen-bond acceptors (Lipinski definition) is 2. The molecule has 26 heavy (non-hydrogen) atoms. The van der Waals surface area contributed by atoms with Crippen molar-refractivity contribution in [3.05, 3.63) is 72.1 Å². The number of allylic oxidation sites excluding steroid dienone is 1. The molecule has 142 valence electrons. The summed E-state index contributed by atoms with van der Waals surface area (Å²) in [5.74, 6) is 0.571. The summed E-state index contributed by atoms with van der Waals surface area (Å²) in [6.07, 6.45) is 5.38. The number of aliphatic hydroxyl groups is 1. The van der Waals surface area contributed by atoms with Crippen molar-refractivity contribution in [3.8, 4) is 0 Å². The van der Waals surface area contributed by atoms with Crippen LogP contribution in [-0.4, -0.2) is 33.8 Å². The van der Waals surface area contributed by atoms with Gasteiger partial charge in [-0.1, -0.05) is 44.2 Å². The Morgan fingerprint density at radius 1 is 1.15 bits per heavy atom. The van der Waals surface area contributed by atoms with E-state index >= 15 is 0 Å². The topological polar surface area (TPSA) is 28.4 Å². The molecule has 0 aliphatic rings. The van der Waals surface area contributed by atoms with Crippen LogP contribution in [0.3, 0.4) is 0 Å². The normalized spacial score (nSPS) is 12.7. The third-order valence-electron chi connectivity index (χ3n) is 4.71. The molecule has 1 heterocycles. The van der Waals surface area contributed by atoms with E-state index in [2.05, 4.69) is 79.4 Å². The average Bonchev–Trinajstić information content (AvgIpc) is 3.01. The molecule has 0 saturated carbocycles. The molecule has 0 spiro atoms. The van der Waals surface area contributed by atoms with E-state index in [4.69, 9.17) is 0 Å². The van der Waals surface area contributed by atoms with Crippen LogP contribution in [0.25, 0.3) is 0 Å². The van der Waals surface area contributed by atoms with Crippen molar-refractivity contribution in [3.63, 3.8) is 0 Å². The zero-order chi connectivity index (χ0) is 18.9. The number of hydrogen-bond donors (Lipinski definition) is 1. The van der Waals surface area contributed by atoms with Gasteiger partial charge in [0.15, 0.2) is 0 Å². The van der Waals surface area contributed by atoms with Crippen molar-refractivity contribution in [1.29, 1.82) is 0 Å². The molecule has 1 N–H and O–H groups in total. The van der Waals surface area contributed by atoms with Crippen LogP contribution in [0.4, 0.5) is 0 Å². The molecule has 1 atom stereocenters. The Balaban J connectivity index is 2.07. The minimum absolute atomic E-state index is 0.300. The predicted molar refractivity (Wildman–Crippen MR) is 110 cm³/mol. The van der Waals surface area contributed by atoms with Gasteiger partial charge in [-0.15, -0.1) is 6.58 Å². The summed E-state index contributed by atoms with van der Waals surface area (Å²) in [5, 5.41) is 10.3. The summed E-state index contributed by atoms with van der Waals surface area (Å²) in [5.41, 5.74) is 3.97. The molecule has 0 amide bonds. The molecule has 0 radical (unpaired) electrons. The first kappa shape index (κ1) is 20.5. The van der Waals surface area contributed by atoms with E-state index in [1.807, 2.05) is 6.08 Å². The van der Waals surface area contributed by atoms with E-state index in [1.54, 1.807) is 0 Å². The number of nitrogens with zero attached hydrogens (tertiary/aromatic N) is 2. The Kier molecular flexibility index (Phi) is 8.14. The van der Waals surface area contributed by atoms with Crippen LogP contribution in [0.15, 0.2) is 55.3 Å². The standard InChI is InChI=1S/C23H34N2O/c1-5-6-13-23(26)18-24(15-19(2)3)17-22-12-9-14-25(22)16-21-11-8-7-10-20(21)4/h5,7-12,14,19,23,26H,1,6,13,15-18H2,2-4H3/t23-/m1/s1. The fourth-order valence-corrected chi connectivity index (χ4v) is 3.37. The number of aromatic nitrogens is 1. The fraction of sp³-hybridized carbons (Fsp3) is 0.478. The van der Waals surface area contributed by atoms with Crippen LogP contribution < -0.4 is 0 Å². The van der Waals surface area contributed by atoms with E-state index in [0.29, 0.717) is 12.5 Å². The van der Waals surface area contributed by atoms with Crippen LogP contribution in [-0.2, 0) is 13.1 Å². The lowest BCUT2D eigenvalue weighted by Gasteiger charge is -2.27. The molecule has 3 nitrogen and oxygen atoms in total. The molecule has 0 unspecified atom stereocenters. The second-order valence-electron chi connectivity index (χ2n) is 7.66. The molecule has 0 aliphatic carbocycles. The van der Waals surface area contributed by atoms with Gasteiger partial charge < -0.3 is 9.67 Å². The molecule has 1 aromatic heterocycles. The molecule has 2 aromatic rings. The van der Waals surface area contributed by atoms with Crippen LogP contribution >= 0.6 is 0 Å². The monoisotopic (exact) mass is 354 g/mol. The quantitative estimate of drug-likeness (QED) is 0.596. The van der Waals surface area contributed by atoms with Gasteiger partial charge in [0, 0.05) is 38.1 Å². The molecule has 0 saturated heterocycles. The highest BCUT2D eigenvalue weighted by molar-refractivity contribution is 5.26. The largest absolute Gasteiger partial charge is 0.392 e. The van der Waals surface area contributed by atoms with Crippen molar-refractivity contribution in [2.75, 3.05) is 13.1 Å². The summed E-state index contributed by atoms with van der Waals surface area (Å²) < 4.78 is 2.33. The van der Waals surface area contributed by atoms with Crippen molar-refractivity contribution in [2.24, 2.45) is 5.92 Å². The van der Waals surface area contributed by atoms with Gasteiger partial charge in [-0.05, 0) is 48.9 Å². The molecule has 0 aliphatic heterocycles. The highest BCUT2D eigenvalue weighted by atomic mass is 16.3. The Morgan fingerprint density at radius 3 is 2.62 bits per heavy atom. The third-order valence-corrected chi connectivity index (χ3v) is 4.71. The lowest BCUT2D eigenvalue weighted by molar-refractivity contribution is 0.0944. The Labute approximate surface area is 159 Å². The zero-order valence-electron chi connectivity index (χ0n) is 16.6. The van der Waals surface area contributed by atoms with Gasteiger partial charge in [-0.25, -0.2) is 0 Å². The number of benzene rings is 1. The van der Waals surface area contributed by atoms with E-state index in [0.717, 1.165) is 32.5 Å². The smallest absolute Gasteiger partial charge is 0.0670 e. The van der Waals surface area contributed by atoms with E-state index in [9.17, 15) is 5.11 Å². The Morgan fingerprint density at radius 2 is 1.92 bits per heavy atom. The summed E-state index contributed by atoms with van der Waals surface area (Å²) in [7, 11) is 0. The van der Waals surface area contributed by atoms with Gasteiger partial charge >= 0.3 is 0 Å². The third kappa shape index (κ3) is 6.47. The zero-order valence-corrected chi connectivity index (χ0v) is 16.6. The van der Waals surface area contributed by atoms with Crippen molar-refractivity contribution in [2.45, 2.75) is 52.8 Å². The maximum atomic E-state index is 10.3. The van der Waals surface area contributed by atoms with E-state index in [-0.39, 0.29) is 6.10 Å². The molecule has 0 fully saturated rings. The lowest BCUT2D eigenvalue weighted by Crippen LogP contribution is -2.35. The summed E-state index contributed by atoms with van der Waals surface area (Å²) in [4.78, 5) is 2.38. The minimum atomic E-state index is -0.300. The average molecular weight is 355 g/mol. The molecular weight excluding hydrogens is 320 g/mol. The van der Waals surface area contributed by atoms with Gasteiger partial charge in [-0.3, -0.25) is 4.90 Å². The van der Waals surface area contributed by atoms with Crippen LogP contribution in [0, 0.1) is 12.8 Å². The second-order valence-corrected chi connectivity index (χ2v) is 7.66. The van der Waals surface area contributed by atoms with Crippen molar-refractivity contribution >= 4 is 0 Å². The summed E-state index contributed by atoms with van der Waals surface area (Å²) >= 11 is 0. The predicted octanol–water partition coefficient (Wildman–Crippen LogP) is 4.63. The fourth-order valence-electron chi connectivity index (χ4n) is 3.37. The first-order valence-electron chi connectivity index (χ1n) is 9.69. The van der Waals surface area contributed by atoms with Crippen LogP contribution in [0.5, 0.6) is 0 Å². The van der Waals surface area contributed by atoms with Crippen LogP contribution in [0.2, 0.25) is 0 Å². The SMILES string of the molecule is C=CCC[C@@H](O)CN(Cc1cccn1Cc1ccccc1C)CC(C)C. The minimum Gasteiger partial charge on any atom is -0.392 e. The number of aryl methyl sites for hydroxylation is 1. The van der Waals surface area contributed by atoms with Gasteiger partial charge in [0.2, 0.25) is 0 Å². The van der Waals surface area contributed by atoms with E-state index < -0.39 is 0 Å². The first-order valence-corrected chi connectivity index (χ1v) is 9.69. The van der Waals surface area contributed by atoms with Gasteiger partial charge in [0.05, 0.1) is 6.10 Å². The Hall–Kier alpha value is -1.84. The molecule has 2 rings (SSSR count). The number of rotatable bonds is 11. The Bertz CT molecular complexity index is 674. The summed E-state index contributed by atoms with van der Waals surface area (Å²) in [6.45, 7) is 13.8. The van der Waals surface area contributed by atoms with Crippen LogP contribution in [0.1, 0.15) is 43.5 Å². The highest BCUT2D eigenvalue weighted by Crippen LogP contribution is 2.15. The van der Waals surface area contributed by atoms with Gasteiger partial charge in [0.1, 0.15) is 0 Å². The van der Waals surface area contributed by atoms with Gasteiger partial charge in [0.25, 0.3) is 0 Å². The van der Waals surface area contributed by atoms with Crippen molar-refractivity contribution in [1.82, 2.24) is 9.47 Å². The lowest BCUT2D eigenvalue weighted by atomic mass is 10.1.